The first-order valence-electron chi connectivity index (χ1n) is 13.3. The van der Waals surface area contributed by atoms with Gasteiger partial charge in [-0.3, -0.25) is 4.79 Å². The number of carbonyl (C=O) groups excluding carboxylic acids is 1. The minimum Gasteiger partial charge on any atom is -0.396 e. The van der Waals surface area contributed by atoms with Gasteiger partial charge in [-0.05, 0) is 93.3 Å². The van der Waals surface area contributed by atoms with E-state index in [2.05, 4.69) is 59.8 Å². The molecule has 0 aromatic carbocycles. The maximum atomic E-state index is 13.9. The van der Waals surface area contributed by atoms with Crippen LogP contribution in [0.4, 0.5) is 0 Å². The van der Waals surface area contributed by atoms with E-state index >= 15 is 0 Å². The van der Waals surface area contributed by atoms with Crippen LogP contribution in [0.1, 0.15) is 92.9 Å². The lowest BCUT2D eigenvalue weighted by Gasteiger charge is -2.47. The lowest BCUT2D eigenvalue weighted by Crippen LogP contribution is -2.47. The van der Waals surface area contributed by atoms with Crippen LogP contribution in [0.5, 0.6) is 0 Å². The van der Waals surface area contributed by atoms with Crippen molar-refractivity contribution in [2.24, 2.45) is 46.3 Å². The number of allylic oxidation sites excluding steroid dienone is 3. The molecule has 0 bridgehead atoms. The summed E-state index contributed by atoms with van der Waals surface area (Å²) in [6, 6.07) is 0. The van der Waals surface area contributed by atoms with Crippen LogP contribution in [0.25, 0.3) is 0 Å². The van der Waals surface area contributed by atoms with Crippen LogP contribution in [-0.4, -0.2) is 28.7 Å². The molecule has 8 atom stereocenters. The molecule has 0 heterocycles. The Bertz CT molecular complexity index is 722. The van der Waals surface area contributed by atoms with Gasteiger partial charge < -0.3 is 10.2 Å². The molecule has 3 aliphatic carbocycles. The molecule has 2 fully saturated rings. The predicted molar refractivity (Wildman–Crippen MR) is 132 cm³/mol. The summed E-state index contributed by atoms with van der Waals surface area (Å²) >= 11 is 0. The molecule has 32 heavy (non-hydrogen) atoms. The Balaban J connectivity index is 1.84. The summed E-state index contributed by atoms with van der Waals surface area (Å²) in [6.07, 6.45) is 14.0. The highest BCUT2D eigenvalue weighted by Gasteiger charge is 2.55. The van der Waals surface area contributed by atoms with Crippen molar-refractivity contribution in [3.8, 4) is 0 Å². The van der Waals surface area contributed by atoms with E-state index in [0.29, 0.717) is 41.8 Å². The van der Waals surface area contributed by atoms with Crippen molar-refractivity contribution in [3.05, 3.63) is 23.8 Å². The summed E-state index contributed by atoms with van der Waals surface area (Å²) < 4.78 is 0. The Kier molecular flexibility index (Phi) is 8.14. The molecule has 0 radical (unpaired) electrons. The second-order valence-corrected chi connectivity index (χ2v) is 12.0. The molecular formula is C29H48O3. The number of ketones is 1. The Morgan fingerprint density at radius 1 is 1.16 bits per heavy atom. The number of aliphatic hydroxyl groups excluding tert-OH is 2. The highest BCUT2D eigenvalue weighted by Crippen LogP contribution is 2.59. The monoisotopic (exact) mass is 444 g/mol. The third kappa shape index (κ3) is 4.67. The van der Waals surface area contributed by atoms with E-state index in [0.717, 1.165) is 38.5 Å². The van der Waals surface area contributed by atoms with Gasteiger partial charge in [-0.25, -0.2) is 0 Å². The third-order valence-corrected chi connectivity index (χ3v) is 9.88. The van der Waals surface area contributed by atoms with Crippen molar-refractivity contribution in [2.75, 3.05) is 6.61 Å². The van der Waals surface area contributed by atoms with Gasteiger partial charge in [0.05, 0.1) is 6.10 Å². The maximum Gasteiger partial charge on any atom is 0.146 e. The number of Topliss-reactive ketones (excluding diaryl/α,β-unsaturated/α-hetero) is 1. The summed E-state index contributed by atoms with van der Waals surface area (Å²) in [5.74, 6) is 3.01. The van der Waals surface area contributed by atoms with E-state index in [1.165, 1.54) is 12.0 Å². The Morgan fingerprint density at radius 3 is 2.50 bits per heavy atom. The first-order valence-corrected chi connectivity index (χ1v) is 13.3. The van der Waals surface area contributed by atoms with Crippen molar-refractivity contribution in [2.45, 2.75) is 99.0 Å². The lowest BCUT2D eigenvalue weighted by atomic mass is 9.56. The van der Waals surface area contributed by atoms with E-state index in [1.807, 2.05) is 0 Å². The van der Waals surface area contributed by atoms with Gasteiger partial charge in [0.15, 0.2) is 0 Å². The lowest BCUT2D eigenvalue weighted by molar-refractivity contribution is -0.136. The van der Waals surface area contributed by atoms with Crippen molar-refractivity contribution in [1.29, 1.82) is 0 Å². The van der Waals surface area contributed by atoms with Gasteiger partial charge in [0.2, 0.25) is 0 Å². The van der Waals surface area contributed by atoms with Crippen molar-refractivity contribution >= 4 is 5.78 Å². The number of aliphatic hydroxyl groups is 2. The SMILES string of the molecule is CC[C@@H](C=C[C@@H](C)[C@H]1CC[C@@H]([C@@H]2CC=C3C[C@@H](O)CC[C@]3(C)C2=O)[C@]1(C)CCO)C(C)C. The third-order valence-electron chi connectivity index (χ3n) is 9.88. The largest absolute Gasteiger partial charge is 0.396 e. The summed E-state index contributed by atoms with van der Waals surface area (Å²) in [7, 11) is 0. The second-order valence-electron chi connectivity index (χ2n) is 12.0. The minimum absolute atomic E-state index is 0.0196. The van der Waals surface area contributed by atoms with E-state index in [-0.39, 0.29) is 24.0 Å². The van der Waals surface area contributed by atoms with Gasteiger partial charge >= 0.3 is 0 Å². The molecule has 0 aliphatic heterocycles. The van der Waals surface area contributed by atoms with Crippen LogP contribution in [0.3, 0.4) is 0 Å². The summed E-state index contributed by atoms with van der Waals surface area (Å²) in [5, 5.41) is 20.2. The van der Waals surface area contributed by atoms with E-state index in [9.17, 15) is 15.0 Å². The van der Waals surface area contributed by atoms with Crippen molar-refractivity contribution in [1.82, 2.24) is 0 Å². The highest BCUT2D eigenvalue weighted by atomic mass is 16.3. The minimum atomic E-state index is -0.391. The first kappa shape index (κ1) is 25.7. The quantitative estimate of drug-likeness (QED) is 0.429. The predicted octanol–water partition coefficient (Wildman–Crippen LogP) is 6.34. The van der Waals surface area contributed by atoms with Crippen LogP contribution < -0.4 is 0 Å². The molecule has 182 valence electrons. The number of fused-ring (bicyclic) bond motifs is 1. The normalized spacial score (nSPS) is 39.9. The van der Waals surface area contributed by atoms with Crippen LogP contribution in [0, 0.1) is 46.3 Å². The fourth-order valence-electron chi connectivity index (χ4n) is 7.63. The maximum absolute atomic E-state index is 13.9. The smallest absolute Gasteiger partial charge is 0.146 e. The topological polar surface area (TPSA) is 57.5 Å². The summed E-state index contributed by atoms with van der Waals surface area (Å²) in [4.78, 5) is 13.9. The molecule has 3 nitrogen and oxygen atoms in total. The van der Waals surface area contributed by atoms with Gasteiger partial charge in [-0.1, -0.05) is 58.4 Å². The van der Waals surface area contributed by atoms with Gasteiger partial charge in [0, 0.05) is 17.9 Å². The number of rotatable bonds is 8. The molecule has 3 rings (SSSR count). The summed E-state index contributed by atoms with van der Waals surface area (Å²) in [6.45, 7) is 13.9. The number of hydrogen-bond donors (Lipinski definition) is 2. The van der Waals surface area contributed by atoms with Crippen LogP contribution in [0.2, 0.25) is 0 Å². The number of hydrogen-bond acceptors (Lipinski definition) is 3. The van der Waals surface area contributed by atoms with Crippen LogP contribution in [0.15, 0.2) is 23.8 Å². The van der Waals surface area contributed by atoms with Gasteiger partial charge in [-0.2, -0.15) is 0 Å². The van der Waals surface area contributed by atoms with E-state index in [4.69, 9.17) is 0 Å². The molecule has 0 spiro atoms. The van der Waals surface area contributed by atoms with E-state index in [1.54, 1.807) is 0 Å². The first-order chi connectivity index (χ1) is 15.1. The molecule has 0 unspecified atom stereocenters. The van der Waals surface area contributed by atoms with Gasteiger partial charge in [0.25, 0.3) is 0 Å². The molecular weight excluding hydrogens is 396 g/mol. The average molecular weight is 445 g/mol. The molecule has 0 amide bonds. The summed E-state index contributed by atoms with van der Waals surface area (Å²) in [5.41, 5.74) is 0.762. The van der Waals surface area contributed by atoms with Gasteiger partial charge in [0.1, 0.15) is 5.78 Å². The fraction of sp³-hybridized carbons (Fsp3) is 0.828. The number of carbonyl (C=O) groups is 1. The Hall–Kier alpha value is -0.930. The van der Waals surface area contributed by atoms with Crippen molar-refractivity contribution in [3.63, 3.8) is 0 Å². The molecule has 0 saturated heterocycles. The average Bonchev–Trinajstić information content (AvgIpc) is 3.07. The Morgan fingerprint density at radius 2 is 1.88 bits per heavy atom. The zero-order chi connectivity index (χ0) is 23.7. The molecule has 0 aromatic heterocycles. The van der Waals surface area contributed by atoms with Gasteiger partial charge in [-0.15, -0.1) is 0 Å². The Labute approximate surface area is 196 Å². The molecule has 2 saturated carbocycles. The molecule has 2 N–H and O–H groups in total. The second kappa shape index (κ2) is 10.1. The zero-order valence-corrected chi connectivity index (χ0v) is 21.4. The molecule has 0 aromatic rings. The fourth-order valence-corrected chi connectivity index (χ4v) is 7.63. The zero-order valence-electron chi connectivity index (χ0n) is 21.4. The molecule has 3 aliphatic rings. The van der Waals surface area contributed by atoms with E-state index < -0.39 is 5.41 Å². The van der Waals surface area contributed by atoms with Crippen molar-refractivity contribution < 1.29 is 15.0 Å². The molecule has 3 heteroatoms. The highest BCUT2D eigenvalue weighted by molar-refractivity contribution is 5.91. The van der Waals surface area contributed by atoms with Crippen LogP contribution >= 0.6 is 0 Å². The van der Waals surface area contributed by atoms with Crippen LogP contribution in [-0.2, 0) is 4.79 Å². The standard InChI is InChI=1S/C29H48O3/c1-7-21(19(2)3)9-8-20(4)25-12-13-26(29(25,6)16-17-30)24-11-10-22-18-23(31)14-15-28(22,5)27(24)32/h8-10,19-21,23-26,30-31H,7,11-18H2,1-6H3/t20-,21+,23+,24+,25-,26+,28+,29-/m1/s1.